The number of rotatable bonds is 5. The molecular formula is C13H18N2O3. The van der Waals surface area contributed by atoms with E-state index in [1.165, 1.54) is 4.90 Å². The van der Waals surface area contributed by atoms with Crippen LogP contribution in [0.25, 0.3) is 0 Å². The van der Waals surface area contributed by atoms with Crippen molar-refractivity contribution in [3.8, 4) is 0 Å². The van der Waals surface area contributed by atoms with Crippen LogP contribution in [0, 0.1) is 0 Å². The summed E-state index contributed by atoms with van der Waals surface area (Å²) in [5, 5.41) is 8.87. The maximum atomic E-state index is 12.1. The van der Waals surface area contributed by atoms with Crippen molar-refractivity contribution in [3.63, 3.8) is 0 Å². The van der Waals surface area contributed by atoms with Crippen molar-refractivity contribution in [2.45, 2.75) is 25.8 Å². The lowest BCUT2D eigenvalue weighted by Gasteiger charge is -2.25. The van der Waals surface area contributed by atoms with Crippen LogP contribution >= 0.6 is 0 Å². The van der Waals surface area contributed by atoms with E-state index in [1.807, 2.05) is 0 Å². The van der Waals surface area contributed by atoms with Crippen LogP contribution in [0.1, 0.15) is 20.3 Å². The van der Waals surface area contributed by atoms with Crippen molar-refractivity contribution in [2.75, 3.05) is 11.4 Å². The number of benzene rings is 1. The summed E-state index contributed by atoms with van der Waals surface area (Å²) < 4.78 is 0. The van der Waals surface area contributed by atoms with Gasteiger partial charge in [0.15, 0.2) is 0 Å². The van der Waals surface area contributed by atoms with Crippen LogP contribution in [0.4, 0.5) is 5.69 Å². The Balaban J connectivity index is 2.92. The number of hydrogen-bond acceptors (Lipinski definition) is 3. The van der Waals surface area contributed by atoms with Gasteiger partial charge in [-0.25, -0.2) is 0 Å². The van der Waals surface area contributed by atoms with Crippen molar-refractivity contribution in [3.05, 3.63) is 30.3 Å². The van der Waals surface area contributed by atoms with Gasteiger partial charge < -0.3 is 15.7 Å². The van der Waals surface area contributed by atoms with E-state index in [0.717, 1.165) is 0 Å². The summed E-state index contributed by atoms with van der Waals surface area (Å²) in [5.74, 6) is -1.35. The molecule has 0 aliphatic carbocycles. The summed E-state index contributed by atoms with van der Waals surface area (Å²) in [5.41, 5.74) is 5.69. The Labute approximate surface area is 106 Å². The lowest BCUT2D eigenvalue weighted by atomic mass is 10.0. The number of para-hydroxylation sites is 1. The second-order valence-corrected chi connectivity index (χ2v) is 4.87. The standard InChI is InChI=1S/C13H18N2O3/c1-13(2,14)8-11(16)15(9-12(17)18)10-6-4-3-5-7-10/h3-7H,8-9,14H2,1-2H3,(H,17,18). The summed E-state index contributed by atoms with van der Waals surface area (Å²) in [6.07, 6.45) is 0.0924. The number of carboxylic acid groups (broad SMARTS) is 1. The molecular weight excluding hydrogens is 232 g/mol. The van der Waals surface area contributed by atoms with Crippen molar-refractivity contribution < 1.29 is 14.7 Å². The van der Waals surface area contributed by atoms with Crippen LogP contribution in [0.5, 0.6) is 0 Å². The van der Waals surface area contributed by atoms with Gasteiger partial charge in [-0.1, -0.05) is 18.2 Å². The van der Waals surface area contributed by atoms with Gasteiger partial charge in [-0.2, -0.15) is 0 Å². The molecule has 0 unspecified atom stereocenters. The summed E-state index contributed by atoms with van der Waals surface area (Å²) in [6, 6.07) is 8.71. The highest BCUT2D eigenvalue weighted by molar-refractivity contribution is 5.97. The Bertz CT molecular complexity index is 424. The van der Waals surface area contributed by atoms with E-state index < -0.39 is 11.5 Å². The molecule has 98 valence electrons. The molecule has 0 atom stereocenters. The van der Waals surface area contributed by atoms with Gasteiger partial charge in [0, 0.05) is 17.6 Å². The first kappa shape index (κ1) is 14.2. The molecule has 18 heavy (non-hydrogen) atoms. The van der Waals surface area contributed by atoms with E-state index in [2.05, 4.69) is 0 Å². The minimum atomic E-state index is -1.05. The molecule has 0 saturated carbocycles. The van der Waals surface area contributed by atoms with E-state index in [-0.39, 0.29) is 18.9 Å². The first-order valence-electron chi connectivity index (χ1n) is 5.66. The third-order valence-electron chi connectivity index (χ3n) is 2.27. The van der Waals surface area contributed by atoms with Gasteiger partial charge in [0.2, 0.25) is 5.91 Å². The smallest absolute Gasteiger partial charge is 0.323 e. The van der Waals surface area contributed by atoms with Gasteiger partial charge in [-0.15, -0.1) is 0 Å². The van der Waals surface area contributed by atoms with E-state index in [1.54, 1.807) is 44.2 Å². The highest BCUT2D eigenvalue weighted by Gasteiger charge is 2.24. The zero-order valence-electron chi connectivity index (χ0n) is 10.6. The predicted octanol–water partition coefficient (Wildman–Crippen LogP) is 1.23. The molecule has 3 N–H and O–H groups in total. The molecule has 0 bridgehead atoms. The topological polar surface area (TPSA) is 83.6 Å². The maximum absolute atomic E-state index is 12.1. The zero-order valence-corrected chi connectivity index (χ0v) is 10.6. The molecule has 0 radical (unpaired) electrons. The minimum absolute atomic E-state index is 0.0924. The average Bonchev–Trinajstić information content (AvgIpc) is 2.24. The van der Waals surface area contributed by atoms with Crippen LogP contribution in [-0.2, 0) is 9.59 Å². The van der Waals surface area contributed by atoms with Gasteiger partial charge in [0.1, 0.15) is 6.54 Å². The van der Waals surface area contributed by atoms with Crippen LogP contribution in [0.15, 0.2) is 30.3 Å². The molecule has 0 heterocycles. The molecule has 0 aromatic heterocycles. The van der Waals surface area contributed by atoms with Gasteiger partial charge in [-0.3, -0.25) is 9.59 Å². The van der Waals surface area contributed by atoms with Crippen LogP contribution < -0.4 is 10.6 Å². The summed E-state index contributed by atoms with van der Waals surface area (Å²) in [6.45, 7) is 3.10. The molecule has 5 nitrogen and oxygen atoms in total. The number of hydrogen-bond donors (Lipinski definition) is 2. The number of amides is 1. The molecule has 5 heteroatoms. The lowest BCUT2D eigenvalue weighted by Crippen LogP contribution is -2.43. The highest BCUT2D eigenvalue weighted by Crippen LogP contribution is 2.16. The number of carboxylic acids is 1. The molecule has 0 aliphatic heterocycles. The second kappa shape index (κ2) is 5.64. The molecule has 1 amide bonds. The normalized spacial score (nSPS) is 11.1. The number of carbonyl (C=O) groups excluding carboxylic acids is 1. The van der Waals surface area contributed by atoms with Gasteiger partial charge in [0.05, 0.1) is 0 Å². The largest absolute Gasteiger partial charge is 0.480 e. The first-order chi connectivity index (χ1) is 8.29. The number of aliphatic carboxylic acids is 1. The molecule has 1 rings (SSSR count). The van der Waals surface area contributed by atoms with Gasteiger partial charge in [0.25, 0.3) is 0 Å². The van der Waals surface area contributed by atoms with Crippen LogP contribution in [0.3, 0.4) is 0 Å². The average molecular weight is 250 g/mol. The summed E-state index contributed by atoms with van der Waals surface area (Å²) in [7, 11) is 0. The fraction of sp³-hybridized carbons (Fsp3) is 0.385. The second-order valence-electron chi connectivity index (χ2n) is 4.87. The third-order valence-corrected chi connectivity index (χ3v) is 2.27. The Morgan fingerprint density at radius 2 is 1.83 bits per heavy atom. The van der Waals surface area contributed by atoms with Crippen molar-refractivity contribution in [1.29, 1.82) is 0 Å². The fourth-order valence-corrected chi connectivity index (χ4v) is 1.55. The monoisotopic (exact) mass is 250 g/mol. The van der Waals surface area contributed by atoms with Gasteiger partial charge >= 0.3 is 5.97 Å². The predicted molar refractivity (Wildman–Crippen MR) is 69.3 cm³/mol. The first-order valence-corrected chi connectivity index (χ1v) is 5.66. The molecule has 0 aliphatic rings. The summed E-state index contributed by atoms with van der Waals surface area (Å²) in [4.78, 5) is 24.1. The SMILES string of the molecule is CC(C)(N)CC(=O)N(CC(=O)O)c1ccccc1. The van der Waals surface area contributed by atoms with Crippen molar-refractivity contribution in [2.24, 2.45) is 5.73 Å². The zero-order chi connectivity index (χ0) is 13.8. The van der Waals surface area contributed by atoms with Crippen molar-refractivity contribution in [1.82, 2.24) is 0 Å². The van der Waals surface area contributed by atoms with E-state index in [9.17, 15) is 9.59 Å². The lowest BCUT2D eigenvalue weighted by molar-refractivity contribution is -0.136. The number of carbonyl (C=O) groups is 2. The number of anilines is 1. The van der Waals surface area contributed by atoms with Crippen LogP contribution in [-0.4, -0.2) is 29.1 Å². The molecule has 0 spiro atoms. The quantitative estimate of drug-likeness (QED) is 0.823. The number of nitrogens with two attached hydrogens (primary N) is 1. The maximum Gasteiger partial charge on any atom is 0.323 e. The molecule has 1 aromatic rings. The minimum Gasteiger partial charge on any atom is -0.480 e. The van der Waals surface area contributed by atoms with E-state index in [0.29, 0.717) is 5.69 Å². The fourth-order valence-electron chi connectivity index (χ4n) is 1.55. The Hall–Kier alpha value is -1.88. The molecule has 0 fully saturated rings. The molecule has 1 aromatic carbocycles. The van der Waals surface area contributed by atoms with E-state index >= 15 is 0 Å². The third kappa shape index (κ3) is 4.55. The highest BCUT2D eigenvalue weighted by atomic mass is 16.4. The Kier molecular flexibility index (Phi) is 4.44. The summed E-state index contributed by atoms with van der Waals surface area (Å²) >= 11 is 0. The van der Waals surface area contributed by atoms with Gasteiger partial charge in [-0.05, 0) is 26.0 Å². The van der Waals surface area contributed by atoms with Crippen molar-refractivity contribution >= 4 is 17.6 Å². The molecule has 0 saturated heterocycles. The van der Waals surface area contributed by atoms with E-state index in [4.69, 9.17) is 10.8 Å². The Morgan fingerprint density at radius 3 is 2.28 bits per heavy atom. The van der Waals surface area contributed by atoms with Crippen LogP contribution in [0.2, 0.25) is 0 Å². The number of nitrogens with zero attached hydrogens (tertiary/aromatic N) is 1. The Morgan fingerprint density at radius 1 is 1.28 bits per heavy atom.